The first-order chi connectivity index (χ1) is 10.2. The van der Waals surface area contributed by atoms with Crippen LogP contribution in [0.2, 0.25) is 0 Å². The standard InChI is InChI=1S/C17H26N2O2/c1-4-13(5-2)19-17(20)12(3)21-16-10-6-9-15-14(16)8-7-11-18-15/h6,9-10,12-13,18H,4-5,7-8,11H2,1-3H3,(H,19,20). The third-order valence-corrected chi connectivity index (χ3v) is 4.06. The van der Waals surface area contributed by atoms with Gasteiger partial charge in [-0.1, -0.05) is 19.9 Å². The fraction of sp³-hybridized carbons (Fsp3) is 0.588. The summed E-state index contributed by atoms with van der Waals surface area (Å²) >= 11 is 0. The van der Waals surface area contributed by atoms with Crippen molar-refractivity contribution in [1.82, 2.24) is 5.32 Å². The molecule has 1 unspecified atom stereocenters. The van der Waals surface area contributed by atoms with E-state index in [1.807, 2.05) is 19.1 Å². The van der Waals surface area contributed by atoms with Gasteiger partial charge in [0.25, 0.3) is 5.91 Å². The Balaban J connectivity index is 2.02. The first kappa shape index (κ1) is 15.7. The monoisotopic (exact) mass is 290 g/mol. The lowest BCUT2D eigenvalue weighted by atomic mass is 10.0. The lowest BCUT2D eigenvalue weighted by molar-refractivity contribution is -0.128. The summed E-state index contributed by atoms with van der Waals surface area (Å²) in [4.78, 5) is 12.2. The van der Waals surface area contributed by atoms with Crippen molar-refractivity contribution in [3.8, 4) is 5.75 Å². The van der Waals surface area contributed by atoms with Gasteiger partial charge in [0.15, 0.2) is 6.10 Å². The third kappa shape index (κ3) is 3.90. The van der Waals surface area contributed by atoms with E-state index in [2.05, 4.69) is 30.5 Å². The predicted molar refractivity (Wildman–Crippen MR) is 85.9 cm³/mol. The summed E-state index contributed by atoms with van der Waals surface area (Å²) in [5, 5.41) is 6.41. The zero-order chi connectivity index (χ0) is 15.2. The Morgan fingerprint density at radius 2 is 2.14 bits per heavy atom. The molecule has 0 aromatic heterocycles. The quantitative estimate of drug-likeness (QED) is 0.846. The minimum atomic E-state index is -0.473. The minimum Gasteiger partial charge on any atom is -0.481 e. The van der Waals surface area contributed by atoms with Crippen LogP contribution in [0, 0.1) is 0 Å². The number of ether oxygens (including phenoxy) is 1. The maximum atomic E-state index is 12.2. The Hall–Kier alpha value is -1.71. The van der Waals surface area contributed by atoms with Gasteiger partial charge in [0.05, 0.1) is 0 Å². The van der Waals surface area contributed by atoms with Gasteiger partial charge in [-0.2, -0.15) is 0 Å². The molecule has 1 aromatic carbocycles. The molecule has 0 spiro atoms. The van der Waals surface area contributed by atoms with E-state index in [0.29, 0.717) is 0 Å². The van der Waals surface area contributed by atoms with Gasteiger partial charge in [-0.05, 0) is 44.7 Å². The van der Waals surface area contributed by atoms with Gasteiger partial charge >= 0.3 is 0 Å². The summed E-state index contributed by atoms with van der Waals surface area (Å²) in [7, 11) is 0. The second-order valence-electron chi connectivity index (χ2n) is 5.59. The van der Waals surface area contributed by atoms with Gasteiger partial charge in [0.1, 0.15) is 5.75 Å². The highest BCUT2D eigenvalue weighted by atomic mass is 16.5. The van der Waals surface area contributed by atoms with Crippen molar-refractivity contribution in [3.05, 3.63) is 23.8 Å². The largest absolute Gasteiger partial charge is 0.481 e. The third-order valence-electron chi connectivity index (χ3n) is 4.06. The SMILES string of the molecule is CCC(CC)NC(=O)C(C)Oc1cccc2c1CCCN2. The van der Waals surface area contributed by atoms with Crippen LogP contribution < -0.4 is 15.4 Å². The highest BCUT2D eigenvalue weighted by Gasteiger charge is 2.20. The van der Waals surface area contributed by atoms with Crippen LogP contribution in [0.15, 0.2) is 18.2 Å². The number of carbonyl (C=O) groups excluding carboxylic acids is 1. The Morgan fingerprint density at radius 3 is 2.86 bits per heavy atom. The fourth-order valence-corrected chi connectivity index (χ4v) is 2.64. The van der Waals surface area contributed by atoms with E-state index in [1.165, 1.54) is 5.56 Å². The molecule has 1 amide bonds. The van der Waals surface area contributed by atoms with Gasteiger partial charge in [-0.3, -0.25) is 4.79 Å². The number of carbonyl (C=O) groups is 1. The molecule has 0 aliphatic carbocycles. The molecule has 4 heteroatoms. The van der Waals surface area contributed by atoms with Crippen LogP contribution in [0.3, 0.4) is 0 Å². The first-order valence-electron chi connectivity index (χ1n) is 7.98. The van der Waals surface area contributed by atoms with Crippen molar-refractivity contribution in [2.75, 3.05) is 11.9 Å². The molecule has 0 saturated carbocycles. The predicted octanol–water partition coefficient (Wildman–Crippen LogP) is 3.12. The smallest absolute Gasteiger partial charge is 0.260 e. The summed E-state index contributed by atoms with van der Waals surface area (Å²) in [6.07, 6.45) is 3.51. The van der Waals surface area contributed by atoms with Crippen molar-refractivity contribution in [2.24, 2.45) is 0 Å². The van der Waals surface area contributed by atoms with E-state index >= 15 is 0 Å². The number of amides is 1. The van der Waals surface area contributed by atoms with Crippen LogP contribution in [-0.2, 0) is 11.2 Å². The average Bonchev–Trinajstić information content (AvgIpc) is 2.52. The summed E-state index contributed by atoms with van der Waals surface area (Å²) in [6, 6.07) is 6.22. The number of hydrogen-bond donors (Lipinski definition) is 2. The Bertz CT molecular complexity index is 484. The second-order valence-corrected chi connectivity index (χ2v) is 5.59. The van der Waals surface area contributed by atoms with Crippen LogP contribution in [-0.4, -0.2) is 24.6 Å². The molecule has 2 N–H and O–H groups in total. The normalized spacial score (nSPS) is 15.0. The molecule has 0 saturated heterocycles. The van der Waals surface area contributed by atoms with Crippen molar-refractivity contribution >= 4 is 11.6 Å². The zero-order valence-electron chi connectivity index (χ0n) is 13.2. The van der Waals surface area contributed by atoms with E-state index in [9.17, 15) is 4.79 Å². The van der Waals surface area contributed by atoms with E-state index in [-0.39, 0.29) is 11.9 Å². The maximum absolute atomic E-state index is 12.2. The zero-order valence-corrected chi connectivity index (χ0v) is 13.2. The van der Waals surface area contributed by atoms with Crippen LogP contribution in [0.25, 0.3) is 0 Å². The number of rotatable bonds is 6. The summed E-state index contributed by atoms with van der Waals surface area (Å²) in [6.45, 7) is 6.98. The number of hydrogen-bond acceptors (Lipinski definition) is 3. The fourth-order valence-electron chi connectivity index (χ4n) is 2.64. The molecule has 4 nitrogen and oxygen atoms in total. The summed E-state index contributed by atoms with van der Waals surface area (Å²) in [5.41, 5.74) is 2.32. The molecule has 0 fully saturated rings. The average molecular weight is 290 g/mol. The van der Waals surface area contributed by atoms with Gasteiger partial charge in [-0.15, -0.1) is 0 Å². The van der Waals surface area contributed by atoms with Crippen LogP contribution in [0.4, 0.5) is 5.69 Å². The molecule has 0 bridgehead atoms. The van der Waals surface area contributed by atoms with E-state index in [1.54, 1.807) is 0 Å². The van der Waals surface area contributed by atoms with E-state index in [4.69, 9.17) is 4.74 Å². The van der Waals surface area contributed by atoms with Crippen molar-refractivity contribution < 1.29 is 9.53 Å². The van der Waals surface area contributed by atoms with Gasteiger partial charge in [0, 0.05) is 23.8 Å². The molecular weight excluding hydrogens is 264 g/mol. The summed E-state index contributed by atoms with van der Waals surface area (Å²) in [5.74, 6) is 0.789. The van der Waals surface area contributed by atoms with Crippen LogP contribution in [0.1, 0.15) is 45.6 Å². The molecule has 1 aliphatic heterocycles. The van der Waals surface area contributed by atoms with Crippen molar-refractivity contribution in [1.29, 1.82) is 0 Å². The molecule has 116 valence electrons. The highest BCUT2D eigenvalue weighted by molar-refractivity contribution is 5.81. The molecule has 1 atom stereocenters. The molecular formula is C17H26N2O2. The number of benzene rings is 1. The first-order valence-corrected chi connectivity index (χ1v) is 7.98. The number of fused-ring (bicyclic) bond motifs is 1. The van der Waals surface area contributed by atoms with Crippen LogP contribution in [0.5, 0.6) is 5.75 Å². The Labute approximate surface area is 127 Å². The van der Waals surface area contributed by atoms with Gasteiger partial charge in [-0.25, -0.2) is 0 Å². The molecule has 1 aromatic rings. The molecule has 1 heterocycles. The molecule has 0 radical (unpaired) electrons. The minimum absolute atomic E-state index is 0.0370. The topological polar surface area (TPSA) is 50.4 Å². The van der Waals surface area contributed by atoms with Crippen molar-refractivity contribution in [3.63, 3.8) is 0 Å². The second kappa shape index (κ2) is 7.34. The van der Waals surface area contributed by atoms with E-state index in [0.717, 1.165) is 43.7 Å². The highest BCUT2D eigenvalue weighted by Crippen LogP contribution is 2.31. The van der Waals surface area contributed by atoms with Gasteiger partial charge < -0.3 is 15.4 Å². The molecule has 21 heavy (non-hydrogen) atoms. The lowest BCUT2D eigenvalue weighted by Crippen LogP contribution is -2.42. The molecule has 2 rings (SSSR count). The Kier molecular flexibility index (Phi) is 5.48. The number of nitrogens with one attached hydrogen (secondary N) is 2. The van der Waals surface area contributed by atoms with Crippen molar-refractivity contribution in [2.45, 2.75) is 58.6 Å². The lowest BCUT2D eigenvalue weighted by Gasteiger charge is -2.24. The molecule has 1 aliphatic rings. The van der Waals surface area contributed by atoms with E-state index < -0.39 is 6.10 Å². The number of anilines is 1. The maximum Gasteiger partial charge on any atom is 0.260 e. The van der Waals surface area contributed by atoms with Crippen LogP contribution >= 0.6 is 0 Å². The Morgan fingerprint density at radius 1 is 1.38 bits per heavy atom. The van der Waals surface area contributed by atoms with Gasteiger partial charge in [0.2, 0.25) is 0 Å². The summed E-state index contributed by atoms with van der Waals surface area (Å²) < 4.78 is 5.91.